The van der Waals surface area contributed by atoms with Crippen LogP contribution in [0.5, 0.6) is 5.88 Å². The number of carbonyl (C=O) groups is 4. The molecule has 0 radical (unpaired) electrons. The largest absolute Gasteiger partial charge is 0.475 e. The zero-order chi connectivity index (χ0) is 86.6. The van der Waals surface area contributed by atoms with E-state index in [1.807, 2.05) is 85.4 Å². The number of thiazole rings is 1. The van der Waals surface area contributed by atoms with Crippen LogP contribution in [0, 0.1) is 0 Å². The van der Waals surface area contributed by atoms with E-state index in [4.69, 9.17) is 9.47 Å². The molecule has 12 aromatic heterocycles. The van der Waals surface area contributed by atoms with Gasteiger partial charge in [-0.1, -0.05) is 12.1 Å². The van der Waals surface area contributed by atoms with E-state index < -0.39 is 0 Å². The zero-order valence-corrected chi connectivity index (χ0v) is 72.1. The molecule has 0 saturated carbocycles. The number of fused-ring (bicyclic) bond motifs is 3. The molecule has 20 rings (SSSR count). The lowest BCUT2D eigenvalue weighted by Crippen LogP contribution is -2.43. The number of benzene rings is 3. The van der Waals surface area contributed by atoms with E-state index >= 15 is 0 Å². The van der Waals surface area contributed by atoms with Crippen molar-refractivity contribution in [2.75, 3.05) is 177 Å². The number of hydrogen-bond acceptors (Lipinski definition) is 32. The number of piperazine rings is 4. The maximum absolute atomic E-state index is 13.2. The Morgan fingerprint density at radius 2 is 0.858 bits per heavy atom. The van der Waals surface area contributed by atoms with Crippen LogP contribution in [0.2, 0.25) is 0 Å². The van der Waals surface area contributed by atoms with Crippen LogP contribution in [0.25, 0.3) is 75.3 Å². The Bertz CT molecular complexity index is 6330. The van der Waals surface area contributed by atoms with Gasteiger partial charge in [0.05, 0.1) is 110 Å². The Hall–Kier alpha value is -14.0. The van der Waals surface area contributed by atoms with Crippen molar-refractivity contribution < 1.29 is 28.7 Å². The summed E-state index contributed by atoms with van der Waals surface area (Å²) in [6, 6.07) is 40.3. The predicted molar refractivity (Wildman–Crippen MR) is 499 cm³/mol. The molecule has 3 aromatic carbocycles. The highest BCUT2D eigenvalue weighted by Gasteiger charge is 2.25. The standard InChI is InChI=1S/C26H27N7O2S.C22H25N7O2.C22H20N6OS.C21H19N7OS/c34-26(31-21-17-28-5-4-22(21)33-9-7-27-8-10-33)20-3-6-29-25(30-20)24-16-18-15-19(1-2-23(18)36-24)32-11-13-35-14-12-32;1-15(2)31-20-4-3-16(13-26-20)21-25-8-5-17(27-21)22(30)28-18-14-24-7-6-19(18)29-11-9-23-10-12-29;29-22(27-18-14-24-7-5-19(18)28-11-9-23-10-12-28)17-4-8-25-21(26-17)16-2-1-3-20-15(16)6-13-30-20;29-21(27-17-12-23-5-4-18(17)28-9-7-22-8-10-28)16-3-6-24-20(26-16)14-1-2-15-19(11-14)30-13-25-15/h1-6,15-17,27H,7-14H2,(H,31,34);3-8,13-15,23H,9-12H2,1-2H3,(H,28,30);1-8,13-14,23H,9-12H2,(H,27,29);1-6,11-13,22H,7-10H2,(H,27,29). The lowest BCUT2D eigenvalue weighted by atomic mass is 10.1. The van der Waals surface area contributed by atoms with Crippen molar-refractivity contribution in [2.45, 2.75) is 20.0 Å². The summed E-state index contributed by atoms with van der Waals surface area (Å²) in [6.07, 6.45) is 21.8. The number of ether oxygens (including phenoxy) is 2. The minimum Gasteiger partial charge on any atom is -0.475 e. The predicted octanol–water partition coefficient (Wildman–Crippen LogP) is 11.9. The van der Waals surface area contributed by atoms with Crippen LogP contribution in [0.1, 0.15) is 55.8 Å². The first-order valence-electron chi connectivity index (χ1n) is 41.9. The first kappa shape index (κ1) is 85.2. The number of hydrogen-bond donors (Lipinski definition) is 8. The smallest absolute Gasteiger partial charge is 0.274 e. The van der Waals surface area contributed by atoms with Gasteiger partial charge < -0.3 is 76.5 Å². The molecular formula is C91H91N27O6S3. The Morgan fingerprint density at radius 3 is 1.34 bits per heavy atom. The molecule has 127 heavy (non-hydrogen) atoms. The van der Waals surface area contributed by atoms with Crippen molar-refractivity contribution in [1.82, 2.24) is 91.0 Å². The minimum absolute atomic E-state index is 0.0418. The molecule has 5 aliphatic rings. The van der Waals surface area contributed by atoms with Gasteiger partial charge in [-0.2, -0.15) is 0 Å². The molecule has 4 amide bonds. The highest BCUT2D eigenvalue weighted by atomic mass is 32.1. The molecule has 8 N–H and O–H groups in total. The van der Waals surface area contributed by atoms with Crippen molar-refractivity contribution in [1.29, 1.82) is 0 Å². The molecule has 0 unspecified atom stereocenters. The second-order valence-electron chi connectivity index (χ2n) is 30.1. The first-order valence-corrected chi connectivity index (χ1v) is 44.5. The fourth-order valence-corrected chi connectivity index (χ4v) is 17.6. The van der Waals surface area contributed by atoms with Gasteiger partial charge in [-0.05, 0) is 134 Å². The Morgan fingerprint density at radius 1 is 0.402 bits per heavy atom. The van der Waals surface area contributed by atoms with Gasteiger partial charge in [0.1, 0.15) is 22.8 Å². The number of anilines is 9. The number of morpholine rings is 1. The minimum atomic E-state index is -0.319. The third kappa shape index (κ3) is 21.3. The molecule has 0 atom stereocenters. The summed E-state index contributed by atoms with van der Waals surface area (Å²) in [5, 5.41) is 29.5. The molecular weight excluding hydrogens is 1660 g/mol. The van der Waals surface area contributed by atoms with Gasteiger partial charge in [0.25, 0.3) is 23.6 Å². The first-order chi connectivity index (χ1) is 62.4. The van der Waals surface area contributed by atoms with Crippen molar-refractivity contribution in [3.63, 3.8) is 0 Å². The van der Waals surface area contributed by atoms with Crippen LogP contribution in [-0.4, -0.2) is 231 Å². The summed E-state index contributed by atoms with van der Waals surface area (Å²) in [4.78, 5) is 125. The van der Waals surface area contributed by atoms with Gasteiger partial charge in [0, 0.05) is 217 Å². The third-order valence-electron chi connectivity index (χ3n) is 21.3. The van der Waals surface area contributed by atoms with E-state index in [2.05, 4.69) is 173 Å². The maximum atomic E-state index is 13.2. The highest BCUT2D eigenvalue weighted by molar-refractivity contribution is 7.22. The molecule has 0 aliphatic carbocycles. The van der Waals surface area contributed by atoms with Crippen molar-refractivity contribution in [3.05, 3.63) is 242 Å². The lowest BCUT2D eigenvalue weighted by molar-refractivity contribution is 0.101. The molecule has 644 valence electrons. The molecule has 0 bridgehead atoms. The average molecular weight is 1760 g/mol. The highest BCUT2D eigenvalue weighted by Crippen LogP contribution is 2.37. The molecule has 33 nitrogen and oxygen atoms in total. The third-order valence-corrected chi connectivity index (χ3v) is 24.1. The fraction of sp³-hybridized carbons (Fsp3) is 0.253. The number of amides is 4. The molecule has 36 heteroatoms. The van der Waals surface area contributed by atoms with E-state index in [0.717, 1.165) is 195 Å². The van der Waals surface area contributed by atoms with Crippen LogP contribution in [-0.2, 0) is 4.74 Å². The van der Waals surface area contributed by atoms with E-state index in [1.54, 1.807) is 145 Å². The van der Waals surface area contributed by atoms with E-state index in [9.17, 15) is 19.2 Å². The number of nitrogens with one attached hydrogen (secondary N) is 8. The summed E-state index contributed by atoms with van der Waals surface area (Å²) in [6.45, 7) is 21.5. The van der Waals surface area contributed by atoms with E-state index in [1.165, 1.54) is 10.4 Å². The normalized spacial score (nSPS) is 14.7. The van der Waals surface area contributed by atoms with Gasteiger partial charge in [0.2, 0.25) is 5.88 Å². The SMILES string of the molecule is CC(C)Oc1ccc(-c2nccc(C(=O)Nc3cnccc3N3CCNCC3)n2)cn1.O=C(Nc1cnccc1N1CCNCC1)c1ccnc(-c2cc3cc(N4CCOCC4)ccc3s2)n1.O=C(Nc1cnccc1N1CCNCC1)c1ccnc(-c2ccc3ncsc3c2)n1.O=C(Nc1cnccc1N1CCNCC1)c1ccnc(-c2cccc3sccc23)n1. The fourth-order valence-electron chi connectivity index (χ4n) is 15.0. The Labute approximate surface area is 743 Å². The van der Waals surface area contributed by atoms with E-state index in [0.29, 0.717) is 74.6 Å². The second-order valence-corrected chi connectivity index (χ2v) is 33.0. The summed E-state index contributed by atoms with van der Waals surface area (Å²) in [7, 11) is 0. The zero-order valence-electron chi connectivity index (χ0n) is 69.7. The van der Waals surface area contributed by atoms with Crippen LogP contribution in [0.15, 0.2) is 219 Å². The molecule has 17 heterocycles. The molecule has 5 aliphatic heterocycles. The average Bonchev–Trinajstić information content (AvgIpc) is 1.74. The second kappa shape index (κ2) is 41.2. The number of rotatable bonds is 19. The van der Waals surface area contributed by atoms with Crippen LogP contribution in [0.4, 0.5) is 51.2 Å². The topological polar surface area (TPSA) is 380 Å². The maximum Gasteiger partial charge on any atom is 0.274 e. The van der Waals surface area contributed by atoms with Crippen molar-refractivity contribution in [3.8, 4) is 50.7 Å². The molecule has 0 spiro atoms. The monoisotopic (exact) mass is 1750 g/mol. The van der Waals surface area contributed by atoms with Gasteiger partial charge in [0.15, 0.2) is 23.3 Å². The van der Waals surface area contributed by atoms with Gasteiger partial charge in [-0.3, -0.25) is 39.1 Å². The summed E-state index contributed by atoms with van der Waals surface area (Å²) in [5.74, 6) is 1.38. The molecule has 5 saturated heterocycles. The lowest BCUT2D eigenvalue weighted by Gasteiger charge is -2.30. The van der Waals surface area contributed by atoms with Crippen molar-refractivity contribution >= 4 is 139 Å². The quantitative estimate of drug-likeness (QED) is 0.0373. The van der Waals surface area contributed by atoms with Crippen molar-refractivity contribution in [2.24, 2.45) is 0 Å². The van der Waals surface area contributed by atoms with Crippen LogP contribution < -0.4 is 71.8 Å². The molecule has 15 aromatic rings. The van der Waals surface area contributed by atoms with E-state index in [-0.39, 0.29) is 35.4 Å². The van der Waals surface area contributed by atoms with Gasteiger partial charge >= 0.3 is 0 Å². The Balaban J connectivity index is 0.000000120. The van der Waals surface area contributed by atoms with Crippen LogP contribution >= 0.6 is 34.0 Å². The number of pyridine rings is 5. The summed E-state index contributed by atoms with van der Waals surface area (Å²) in [5.41, 5.74) is 14.2. The van der Waals surface area contributed by atoms with Gasteiger partial charge in [-0.25, -0.2) is 49.8 Å². The number of nitrogens with zero attached hydrogens (tertiary/aromatic N) is 19. The number of thiophene rings is 2. The number of carbonyl (C=O) groups excluding carboxylic acids is 4. The molecule has 5 fully saturated rings. The van der Waals surface area contributed by atoms with Gasteiger partial charge in [-0.15, -0.1) is 34.0 Å². The number of aromatic nitrogens is 14. The summed E-state index contributed by atoms with van der Waals surface area (Å²) >= 11 is 4.86. The van der Waals surface area contributed by atoms with Crippen LogP contribution in [0.3, 0.4) is 0 Å². The Kier molecular flexibility index (Phi) is 27.7. The summed E-state index contributed by atoms with van der Waals surface area (Å²) < 4.78 is 14.4.